The van der Waals surface area contributed by atoms with Gasteiger partial charge < -0.3 is 14.8 Å². The third-order valence-corrected chi connectivity index (χ3v) is 2.19. The van der Waals surface area contributed by atoms with Gasteiger partial charge in [-0.2, -0.15) is 0 Å². The Balaban J connectivity index is 2.71. The molecule has 0 unspecified atom stereocenters. The van der Waals surface area contributed by atoms with Crippen LogP contribution in [0.4, 0.5) is 9.18 Å². The molecule has 0 aliphatic heterocycles. The van der Waals surface area contributed by atoms with Crippen LogP contribution in [0, 0.1) is 5.82 Å². The number of rotatable bonds is 4. The standard InChI is InChI=1S/C14H19FN2O3/c1-9(19-5)12-7-10(15)6-11(17-12)8-16-13(18)20-14(2,3)4/h6-7H,1,8H2,2-5H3,(H,16,18). The van der Waals surface area contributed by atoms with Crippen LogP contribution in [0.25, 0.3) is 5.76 Å². The highest BCUT2D eigenvalue weighted by Gasteiger charge is 2.16. The average Bonchev–Trinajstić information content (AvgIpc) is 2.32. The van der Waals surface area contributed by atoms with E-state index >= 15 is 0 Å². The lowest BCUT2D eigenvalue weighted by Crippen LogP contribution is -2.32. The van der Waals surface area contributed by atoms with Crippen LogP contribution >= 0.6 is 0 Å². The van der Waals surface area contributed by atoms with Gasteiger partial charge in [0.1, 0.15) is 22.9 Å². The quantitative estimate of drug-likeness (QED) is 0.863. The molecule has 1 N–H and O–H groups in total. The van der Waals surface area contributed by atoms with Crippen LogP contribution in [0.5, 0.6) is 0 Å². The second-order valence-corrected chi connectivity index (χ2v) is 5.14. The van der Waals surface area contributed by atoms with Crippen molar-refractivity contribution in [1.82, 2.24) is 10.3 Å². The molecule has 0 atom stereocenters. The van der Waals surface area contributed by atoms with Crippen LogP contribution in [-0.2, 0) is 16.0 Å². The van der Waals surface area contributed by atoms with Gasteiger partial charge in [-0.1, -0.05) is 6.58 Å². The molecule has 0 aromatic carbocycles. The molecule has 0 fully saturated rings. The van der Waals surface area contributed by atoms with Gasteiger partial charge in [0.15, 0.2) is 0 Å². The number of carbonyl (C=O) groups excluding carboxylic acids is 1. The molecule has 1 rings (SSSR count). The monoisotopic (exact) mass is 282 g/mol. The number of methoxy groups -OCH3 is 1. The SMILES string of the molecule is C=C(OC)c1cc(F)cc(CNC(=O)OC(C)(C)C)n1. The van der Waals surface area contributed by atoms with Crippen LogP contribution in [0.15, 0.2) is 18.7 Å². The maximum Gasteiger partial charge on any atom is 0.407 e. The number of carbonyl (C=O) groups is 1. The third kappa shape index (κ3) is 5.26. The molecule has 1 amide bonds. The minimum Gasteiger partial charge on any atom is -0.495 e. The predicted octanol–water partition coefficient (Wildman–Crippen LogP) is 2.86. The van der Waals surface area contributed by atoms with Crippen molar-refractivity contribution < 1.29 is 18.7 Å². The summed E-state index contributed by atoms with van der Waals surface area (Å²) in [5.74, 6) is -0.225. The Kier molecular flexibility index (Phi) is 5.07. The van der Waals surface area contributed by atoms with Crippen LogP contribution in [0.2, 0.25) is 0 Å². The van der Waals surface area contributed by atoms with Gasteiger partial charge in [0.2, 0.25) is 0 Å². The van der Waals surface area contributed by atoms with E-state index in [4.69, 9.17) is 9.47 Å². The lowest BCUT2D eigenvalue weighted by Gasteiger charge is -2.19. The van der Waals surface area contributed by atoms with Crippen molar-refractivity contribution in [3.8, 4) is 0 Å². The van der Waals surface area contributed by atoms with Gasteiger partial charge in [-0.05, 0) is 26.8 Å². The normalized spacial score (nSPS) is 10.8. The van der Waals surface area contributed by atoms with E-state index < -0.39 is 17.5 Å². The first-order chi connectivity index (χ1) is 9.21. The summed E-state index contributed by atoms with van der Waals surface area (Å²) in [6.07, 6.45) is -0.587. The fourth-order valence-electron chi connectivity index (χ4n) is 1.37. The summed E-state index contributed by atoms with van der Waals surface area (Å²) in [7, 11) is 1.42. The van der Waals surface area contributed by atoms with E-state index in [9.17, 15) is 9.18 Å². The van der Waals surface area contributed by atoms with Crippen LogP contribution in [0.1, 0.15) is 32.2 Å². The molecule has 0 radical (unpaired) electrons. The van der Waals surface area contributed by atoms with E-state index in [2.05, 4.69) is 16.9 Å². The summed E-state index contributed by atoms with van der Waals surface area (Å²) in [5.41, 5.74) is 0.0483. The number of nitrogens with one attached hydrogen (secondary N) is 1. The number of nitrogens with zero attached hydrogens (tertiary/aromatic N) is 1. The highest BCUT2D eigenvalue weighted by molar-refractivity contribution is 5.67. The Morgan fingerprint density at radius 2 is 2.10 bits per heavy atom. The first kappa shape index (κ1) is 15.9. The van der Waals surface area contributed by atoms with E-state index in [1.165, 1.54) is 19.2 Å². The van der Waals surface area contributed by atoms with E-state index in [1.54, 1.807) is 20.8 Å². The van der Waals surface area contributed by atoms with Crippen molar-refractivity contribution in [2.75, 3.05) is 7.11 Å². The van der Waals surface area contributed by atoms with Crippen LogP contribution in [0.3, 0.4) is 0 Å². The van der Waals surface area contributed by atoms with Crippen molar-refractivity contribution in [2.45, 2.75) is 32.9 Å². The summed E-state index contributed by atoms with van der Waals surface area (Å²) in [6, 6.07) is 2.44. The summed E-state index contributed by atoms with van der Waals surface area (Å²) in [4.78, 5) is 15.6. The number of alkyl carbamates (subject to hydrolysis) is 1. The summed E-state index contributed by atoms with van der Waals surface area (Å²) in [5, 5.41) is 2.51. The fraction of sp³-hybridized carbons (Fsp3) is 0.429. The number of hydrogen-bond donors (Lipinski definition) is 1. The van der Waals surface area contributed by atoms with Crippen LogP contribution in [-0.4, -0.2) is 23.8 Å². The van der Waals surface area contributed by atoms with Crippen LogP contribution < -0.4 is 5.32 Å². The molecule has 0 aliphatic carbocycles. The smallest absolute Gasteiger partial charge is 0.407 e. The highest BCUT2D eigenvalue weighted by Crippen LogP contribution is 2.13. The van der Waals surface area contributed by atoms with Gasteiger partial charge in [0.25, 0.3) is 0 Å². The number of amides is 1. The lowest BCUT2D eigenvalue weighted by atomic mass is 10.2. The molecule has 0 saturated carbocycles. The molecular weight excluding hydrogens is 263 g/mol. The van der Waals surface area contributed by atoms with E-state index in [-0.39, 0.29) is 18.0 Å². The van der Waals surface area contributed by atoms with Gasteiger partial charge in [-0.15, -0.1) is 0 Å². The molecule has 110 valence electrons. The maximum absolute atomic E-state index is 13.4. The molecule has 0 saturated heterocycles. The van der Waals surface area contributed by atoms with Crippen molar-refractivity contribution in [2.24, 2.45) is 0 Å². The Morgan fingerprint density at radius 1 is 1.45 bits per heavy atom. The largest absolute Gasteiger partial charge is 0.495 e. The Labute approximate surface area is 117 Å². The van der Waals surface area contributed by atoms with Gasteiger partial charge in [0.05, 0.1) is 19.3 Å². The summed E-state index contributed by atoms with van der Waals surface area (Å²) < 4.78 is 23.4. The summed E-state index contributed by atoms with van der Waals surface area (Å²) >= 11 is 0. The Bertz CT molecular complexity index is 510. The molecule has 0 spiro atoms. The minimum atomic E-state index is -0.588. The van der Waals surface area contributed by atoms with Gasteiger partial charge >= 0.3 is 6.09 Å². The molecule has 0 bridgehead atoms. The van der Waals surface area contributed by atoms with E-state index in [0.717, 1.165) is 0 Å². The lowest BCUT2D eigenvalue weighted by molar-refractivity contribution is 0.0523. The van der Waals surface area contributed by atoms with Gasteiger partial charge in [-0.3, -0.25) is 0 Å². The van der Waals surface area contributed by atoms with Gasteiger partial charge in [-0.25, -0.2) is 14.2 Å². The maximum atomic E-state index is 13.4. The second-order valence-electron chi connectivity index (χ2n) is 5.14. The second kappa shape index (κ2) is 6.36. The Morgan fingerprint density at radius 3 is 2.65 bits per heavy atom. The number of halogens is 1. The number of pyridine rings is 1. The summed E-state index contributed by atoms with van der Waals surface area (Å²) in [6.45, 7) is 8.93. The molecule has 1 aromatic rings. The fourth-order valence-corrected chi connectivity index (χ4v) is 1.37. The highest BCUT2D eigenvalue weighted by atomic mass is 19.1. The zero-order chi connectivity index (χ0) is 15.3. The Hall–Kier alpha value is -2.11. The van der Waals surface area contributed by atoms with E-state index in [1.807, 2.05) is 0 Å². The molecule has 6 heteroatoms. The first-order valence-corrected chi connectivity index (χ1v) is 6.08. The predicted molar refractivity (Wildman–Crippen MR) is 73.3 cm³/mol. The average molecular weight is 282 g/mol. The number of hydrogen-bond acceptors (Lipinski definition) is 4. The molecule has 5 nitrogen and oxygen atoms in total. The third-order valence-electron chi connectivity index (χ3n) is 2.19. The van der Waals surface area contributed by atoms with Crippen molar-refractivity contribution in [3.63, 3.8) is 0 Å². The molecule has 1 aromatic heterocycles. The molecule has 20 heavy (non-hydrogen) atoms. The van der Waals surface area contributed by atoms with Crippen molar-refractivity contribution >= 4 is 11.9 Å². The first-order valence-electron chi connectivity index (χ1n) is 6.08. The number of ether oxygens (including phenoxy) is 2. The zero-order valence-corrected chi connectivity index (χ0v) is 12.1. The molecule has 1 heterocycles. The number of aromatic nitrogens is 1. The molecular formula is C14H19FN2O3. The van der Waals surface area contributed by atoms with Crippen molar-refractivity contribution in [3.05, 3.63) is 35.9 Å². The zero-order valence-electron chi connectivity index (χ0n) is 12.1. The van der Waals surface area contributed by atoms with Crippen molar-refractivity contribution in [1.29, 1.82) is 0 Å². The minimum absolute atomic E-state index is 0.0522. The molecule has 0 aliphatic rings. The van der Waals surface area contributed by atoms with E-state index in [0.29, 0.717) is 5.69 Å². The van der Waals surface area contributed by atoms with Gasteiger partial charge in [0, 0.05) is 6.07 Å². The topological polar surface area (TPSA) is 60.5 Å².